The van der Waals surface area contributed by atoms with Crippen molar-refractivity contribution in [2.75, 3.05) is 13.7 Å². The van der Waals surface area contributed by atoms with Gasteiger partial charge in [0.2, 0.25) is 10.0 Å². The van der Waals surface area contributed by atoms with Gasteiger partial charge >= 0.3 is 5.97 Å². The average Bonchev–Trinajstić information content (AvgIpc) is 2.76. The van der Waals surface area contributed by atoms with E-state index >= 15 is 0 Å². The van der Waals surface area contributed by atoms with Crippen molar-refractivity contribution >= 4 is 27.3 Å². The molecule has 102 valence electrons. The van der Waals surface area contributed by atoms with Gasteiger partial charge in [-0.1, -0.05) is 0 Å². The Morgan fingerprint density at radius 1 is 1.61 bits per heavy atom. The first kappa shape index (κ1) is 15.1. The number of sulfonamides is 1. The molecule has 0 amide bonds. The van der Waals surface area contributed by atoms with Gasteiger partial charge in [-0.2, -0.15) is 0 Å². The van der Waals surface area contributed by atoms with E-state index in [-0.39, 0.29) is 16.3 Å². The van der Waals surface area contributed by atoms with Crippen LogP contribution in [0, 0.1) is 0 Å². The fraction of sp³-hybridized carbons (Fsp3) is 0.500. The van der Waals surface area contributed by atoms with Crippen LogP contribution >= 0.6 is 11.3 Å². The minimum atomic E-state index is -3.75. The monoisotopic (exact) mass is 293 g/mol. The minimum Gasteiger partial charge on any atom is -0.465 e. The van der Waals surface area contributed by atoms with E-state index in [0.29, 0.717) is 6.42 Å². The maximum Gasteiger partial charge on any atom is 0.349 e. The summed E-state index contributed by atoms with van der Waals surface area (Å²) in [5, 5.41) is 10.6. The molecule has 0 aliphatic rings. The van der Waals surface area contributed by atoms with Crippen LogP contribution in [0.3, 0.4) is 0 Å². The fourth-order valence-electron chi connectivity index (χ4n) is 1.23. The van der Waals surface area contributed by atoms with Crippen molar-refractivity contribution in [3.05, 3.63) is 16.3 Å². The van der Waals surface area contributed by atoms with E-state index in [2.05, 4.69) is 9.46 Å². The second-order valence-corrected chi connectivity index (χ2v) is 6.29. The molecule has 1 heterocycles. The van der Waals surface area contributed by atoms with E-state index in [0.717, 1.165) is 11.3 Å². The van der Waals surface area contributed by atoms with E-state index < -0.39 is 22.1 Å². The lowest BCUT2D eigenvalue weighted by atomic mass is 10.3. The van der Waals surface area contributed by atoms with Gasteiger partial charge in [0.25, 0.3) is 0 Å². The van der Waals surface area contributed by atoms with Gasteiger partial charge in [0.05, 0.1) is 13.2 Å². The molecule has 0 aliphatic heterocycles. The van der Waals surface area contributed by atoms with Crippen molar-refractivity contribution in [1.29, 1.82) is 0 Å². The van der Waals surface area contributed by atoms with Crippen molar-refractivity contribution in [2.24, 2.45) is 0 Å². The molecule has 0 aromatic carbocycles. The quantitative estimate of drug-likeness (QED) is 0.749. The zero-order chi connectivity index (χ0) is 13.8. The second-order valence-electron chi connectivity index (χ2n) is 3.64. The van der Waals surface area contributed by atoms with Crippen LogP contribution in [-0.2, 0) is 14.8 Å². The zero-order valence-electron chi connectivity index (χ0n) is 10.0. The molecule has 18 heavy (non-hydrogen) atoms. The number of ether oxygens (including phenoxy) is 1. The molecule has 0 saturated heterocycles. The van der Waals surface area contributed by atoms with Gasteiger partial charge < -0.3 is 9.84 Å². The zero-order valence-corrected chi connectivity index (χ0v) is 11.7. The lowest BCUT2D eigenvalue weighted by molar-refractivity contribution is 0.0602. The van der Waals surface area contributed by atoms with Crippen LogP contribution in [0.4, 0.5) is 0 Å². The topological polar surface area (TPSA) is 92.7 Å². The van der Waals surface area contributed by atoms with Crippen LogP contribution in [-0.4, -0.2) is 39.3 Å². The third kappa shape index (κ3) is 3.77. The Morgan fingerprint density at radius 2 is 2.28 bits per heavy atom. The minimum absolute atomic E-state index is 0.0436. The van der Waals surface area contributed by atoms with Crippen LogP contribution < -0.4 is 4.72 Å². The third-order valence-corrected chi connectivity index (χ3v) is 4.67. The molecule has 1 aromatic rings. The average molecular weight is 293 g/mol. The van der Waals surface area contributed by atoms with Crippen molar-refractivity contribution in [2.45, 2.75) is 24.3 Å². The number of esters is 1. The molecule has 1 rings (SSSR count). The molecular weight excluding hydrogens is 278 g/mol. The highest BCUT2D eigenvalue weighted by atomic mass is 32.2. The van der Waals surface area contributed by atoms with Gasteiger partial charge in [0.15, 0.2) is 0 Å². The number of aliphatic hydroxyl groups is 1. The molecule has 0 radical (unpaired) electrons. The summed E-state index contributed by atoms with van der Waals surface area (Å²) in [5.41, 5.74) is 0. The Hall–Kier alpha value is -0.960. The molecule has 2 N–H and O–H groups in total. The van der Waals surface area contributed by atoms with Crippen molar-refractivity contribution in [3.63, 3.8) is 0 Å². The smallest absolute Gasteiger partial charge is 0.349 e. The van der Waals surface area contributed by atoms with Gasteiger partial charge in [-0.3, -0.25) is 0 Å². The summed E-state index contributed by atoms with van der Waals surface area (Å²) in [6.07, 6.45) is -0.285. The Balaban J connectivity index is 2.85. The number of rotatable bonds is 6. The Kier molecular flexibility index (Phi) is 5.27. The van der Waals surface area contributed by atoms with E-state index in [9.17, 15) is 13.2 Å². The highest BCUT2D eigenvalue weighted by Crippen LogP contribution is 2.22. The fourth-order valence-corrected chi connectivity index (χ4v) is 3.61. The number of aliphatic hydroxyl groups excluding tert-OH is 1. The summed E-state index contributed by atoms with van der Waals surface area (Å²) in [4.78, 5) is 11.3. The Labute approximate surface area is 110 Å². The largest absolute Gasteiger partial charge is 0.465 e. The summed E-state index contributed by atoms with van der Waals surface area (Å²) in [7, 11) is -2.56. The first-order chi connectivity index (χ1) is 8.38. The number of carbonyl (C=O) groups excluding carboxylic acids is 1. The molecule has 6 nitrogen and oxygen atoms in total. The number of methoxy groups -OCH3 is 1. The lowest BCUT2D eigenvalue weighted by Crippen LogP contribution is -2.27. The SMILES string of the molecule is COC(=O)c1sccc1S(=O)(=O)NCCC(C)O. The van der Waals surface area contributed by atoms with Crippen molar-refractivity contribution in [1.82, 2.24) is 4.72 Å². The van der Waals surface area contributed by atoms with Crippen LogP contribution in [0.1, 0.15) is 23.0 Å². The standard InChI is InChI=1S/C10H15NO5S2/c1-7(12)3-5-11-18(14,15)8-4-6-17-9(8)10(13)16-2/h4,6-7,11-12H,3,5H2,1-2H3. The summed E-state index contributed by atoms with van der Waals surface area (Å²) < 4.78 is 30.7. The molecule has 1 atom stereocenters. The Morgan fingerprint density at radius 3 is 2.83 bits per heavy atom. The van der Waals surface area contributed by atoms with Gasteiger partial charge in [-0.05, 0) is 24.8 Å². The maximum atomic E-state index is 11.9. The van der Waals surface area contributed by atoms with E-state index in [4.69, 9.17) is 5.11 Å². The summed E-state index contributed by atoms with van der Waals surface area (Å²) in [5.74, 6) is -0.680. The van der Waals surface area contributed by atoms with Crippen molar-refractivity contribution in [3.8, 4) is 0 Å². The lowest BCUT2D eigenvalue weighted by Gasteiger charge is -2.08. The highest BCUT2D eigenvalue weighted by Gasteiger charge is 2.24. The summed E-state index contributed by atoms with van der Waals surface area (Å²) >= 11 is 1.01. The first-order valence-corrected chi connectivity index (χ1v) is 7.58. The molecule has 1 unspecified atom stereocenters. The number of carbonyl (C=O) groups is 1. The number of hydrogen-bond donors (Lipinski definition) is 2. The van der Waals surface area contributed by atoms with E-state index in [1.54, 1.807) is 6.92 Å². The van der Waals surface area contributed by atoms with Crippen molar-refractivity contribution < 1.29 is 23.1 Å². The van der Waals surface area contributed by atoms with Gasteiger partial charge in [0, 0.05) is 6.54 Å². The van der Waals surface area contributed by atoms with Gasteiger partial charge in [0.1, 0.15) is 9.77 Å². The number of thiophene rings is 1. The normalized spacial score (nSPS) is 13.3. The van der Waals surface area contributed by atoms with E-state index in [1.807, 2.05) is 0 Å². The van der Waals surface area contributed by atoms with Gasteiger partial charge in [-0.25, -0.2) is 17.9 Å². The molecular formula is C10H15NO5S2. The molecule has 0 aliphatic carbocycles. The van der Waals surface area contributed by atoms with E-state index in [1.165, 1.54) is 18.6 Å². The Bertz CT molecular complexity index is 506. The molecule has 1 aromatic heterocycles. The highest BCUT2D eigenvalue weighted by molar-refractivity contribution is 7.89. The van der Waals surface area contributed by atoms with Crippen LogP contribution in [0.5, 0.6) is 0 Å². The number of nitrogens with one attached hydrogen (secondary N) is 1. The van der Waals surface area contributed by atoms with Gasteiger partial charge in [-0.15, -0.1) is 11.3 Å². The molecule has 0 spiro atoms. The predicted octanol–water partition coefficient (Wildman–Crippen LogP) is 0.584. The first-order valence-electron chi connectivity index (χ1n) is 5.22. The van der Waals surface area contributed by atoms with Crippen LogP contribution in [0.2, 0.25) is 0 Å². The molecule has 0 saturated carbocycles. The summed E-state index contributed by atoms with van der Waals surface area (Å²) in [6.45, 7) is 1.68. The van der Waals surface area contributed by atoms with Crippen LogP contribution in [0.15, 0.2) is 16.3 Å². The molecule has 8 heteroatoms. The van der Waals surface area contributed by atoms with Crippen LogP contribution in [0.25, 0.3) is 0 Å². The summed E-state index contributed by atoms with van der Waals surface area (Å²) in [6, 6.07) is 1.35. The predicted molar refractivity (Wildman–Crippen MR) is 67.1 cm³/mol. The third-order valence-electron chi connectivity index (χ3n) is 2.14. The number of hydrogen-bond acceptors (Lipinski definition) is 6. The molecule has 0 bridgehead atoms. The molecule has 0 fully saturated rings. The maximum absolute atomic E-state index is 11.9. The second kappa shape index (κ2) is 6.28.